The van der Waals surface area contributed by atoms with E-state index in [0.717, 1.165) is 27.3 Å². The van der Waals surface area contributed by atoms with Crippen molar-refractivity contribution in [2.45, 2.75) is 25.9 Å². The lowest BCUT2D eigenvalue weighted by atomic mass is 10.0. The van der Waals surface area contributed by atoms with Gasteiger partial charge in [0.2, 0.25) is 21.8 Å². The topological polar surface area (TPSA) is 96.0 Å². The highest BCUT2D eigenvalue weighted by Gasteiger charge is 2.32. The number of nitrogens with zero attached hydrogens (tertiary/aromatic N) is 2. The first kappa shape index (κ1) is 29.0. The van der Waals surface area contributed by atoms with Crippen molar-refractivity contribution in [2.75, 3.05) is 31.3 Å². The van der Waals surface area contributed by atoms with Crippen LogP contribution in [0, 0.1) is 6.92 Å². The number of hydrogen-bond acceptors (Lipinski definition) is 5. The number of likely N-dealkylation sites (N-methyl/N-ethyl adjacent to an activating group) is 1. The maximum Gasteiger partial charge on any atom is 0.244 e. The first-order valence-electron chi connectivity index (χ1n) is 11.9. The normalized spacial score (nSPS) is 11.9. The fourth-order valence-corrected chi connectivity index (χ4v) is 5.25. The number of methoxy groups -OCH3 is 1. The van der Waals surface area contributed by atoms with Gasteiger partial charge in [-0.3, -0.25) is 13.9 Å². The molecule has 0 heterocycles. The van der Waals surface area contributed by atoms with Crippen molar-refractivity contribution in [2.24, 2.45) is 0 Å². The molecule has 1 atom stereocenters. The lowest BCUT2D eigenvalue weighted by Gasteiger charge is -2.33. The smallest absolute Gasteiger partial charge is 0.244 e. The van der Waals surface area contributed by atoms with Crippen LogP contribution in [0.2, 0.25) is 5.02 Å². The van der Waals surface area contributed by atoms with Crippen LogP contribution in [0.4, 0.5) is 5.69 Å². The minimum Gasteiger partial charge on any atom is -0.495 e. The number of aryl methyl sites for hydroxylation is 1. The van der Waals surface area contributed by atoms with Crippen LogP contribution >= 0.6 is 11.6 Å². The summed E-state index contributed by atoms with van der Waals surface area (Å²) >= 11 is 6.25. The highest BCUT2D eigenvalue weighted by Crippen LogP contribution is 2.30. The van der Waals surface area contributed by atoms with Gasteiger partial charge in [-0.05, 0) is 36.2 Å². The average molecular weight is 558 g/mol. The van der Waals surface area contributed by atoms with Crippen molar-refractivity contribution in [1.29, 1.82) is 0 Å². The molecule has 0 saturated carbocycles. The molecule has 3 aromatic carbocycles. The lowest BCUT2D eigenvalue weighted by molar-refractivity contribution is -0.139. The van der Waals surface area contributed by atoms with Gasteiger partial charge >= 0.3 is 0 Å². The largest absolute Gasteiger partial charge is 0.495 e. The molecule has 1 N–H and O–H groups in total. The Balaban J connectivity index is 2.03. The lowest BCUT2D eigenvalue weighted by Crippen LogP contribution is -2.52. The molecular formula is C28H32ClN3O5S. The third-order valence-electron chi connectivity index (χ3n) is 6.06. The van der Waals surface area contributed by atoms with E-state index in [9.17, 15) is 18.0 Å². The summed E-state index contributed by atoms with van der Waals surface area (Å²) in [6.45, 7) is 1.54. The van der Waals surface area contributed by atoms with Gasteiger partial charge in [-0.1, -0.05) is 71.8 Å². The second-order valence-corrected chi connectivity index (χ2v) is 11.2. The van der Waals surface area contributed by atoms with Crippen molar-refractivity contribution in [3.05, 3.63) is 94.5 Å². The summed E-state index contributed by atoms with van der Waals surface area (Å²) in [5.74, 6) is -0.513. The van der Waals surface area contributed by atoms with E-state index in [4.69, 9.17) is 16.3 Å². The summed E-state index contributed by atoms with van der Waals surface area (Å²) in [6, 6.07) is 20.6. The van der Waals surface area contributed by atoms with Crippen LogP contribution in [0.25, 0.3) is 0 Å². The van der Waals surface area contributed by atoms with Crippen LogP contribution in [-0.4, -0.2) is 58.1 Å². The summed E-state index contributed by atoms with van der Waals surface area (Å²) in [7, 11) is -0.923. The Morgan fingerprint density at radius 2 is 1.68 bits per heavy atom. The average Bonchev–Trinajstić information content (AvgIpc) is 2.88. The Bertz CT molecular complexity index is 1380. The monoisotopic (exact) mass is 557 g/mol. The molecule has 0 spiro atoms. The van der Waals surface area contributed by atoms with Crippen molar-refractivity contribution in [3.63, 3.8) is 0 Å². The van der Waals surface area contributed by atoms with E-state index in [1.54, 1.807) is 0 Å². The molecule has 0 aromatic heterocycles. The maximum absolute atomic E-state index is 13.9. The number of sulfonamides is 1. The minimum atomic E-state index is -3.89. The summed E-state index contributed by atoms with van der Waals surface area (Å²) in [5, 5.41) is 2.86. The summed E-state index contributed by atoms with van der Waals surface area (Å²) in [4.78, 5) is 28.5. The van der Waals surface area contributed by atoms with E-state index in [-0.39, 0.29) is 29.6 Å². The van der Waals surface area contributed by atoms with Gasteiger partial charge < -0.3 is 15.0 Å². The third kappa shape index (κ3) is 7.49. The van der Waals surface area contributed by atoms with Crippen LogP contribution in [0.3, 0.4) is 0 Å². The molecule has 0 aliphatic carbocycles. The molecule has 202 valence electrons. The van der Waals surface area contributed by atoms with Crippen LogP contribution in [0.1, 0.15) is 16.7 Å². The number of hydrogen-bond donors (Lipinski definition) is 1. The van der Waals surface area contributed by atoms with Crippen molar-refractivity contribution < 1.29 is 22.7 Å². The highest BCUT2D eigenvalue weighted by atomic mass is 35.5. The van der Waals surface area contributed by atoms with Crippen LogP contribution < -0.4 is 14.4 Å². The predicted octanol–water partition coefficient (Wildman–Crippen LogP) is 3.81. The Morgan fingerprint density at radius 3 is 2.26 bits per heavy atom. The molecule has 0 bridgehead atoms. The van der Waals surface area contributed by atoms with Crippen molar-refractivity contribution in [3.8, 4) is 5.75 Å². The summed E-state index contributed by atoms with van der Waals surface area (Å²) < 4.78 is 31.8. The van der Waals surface area contributed by atoms with E-state index >= 15 is 0 Å². The molecular weight excluding hydrogens is 526 g/mol. The molecule has 2 amide bonds. The Labute approximate surface area is 229 Å². The number of rotatable bonds is 11. The summed E-state index contributed by atoms with van der Waals surface area (Å²) in [5.41, 5.74) is 2.89. The van der Waals surface area contributed by atoms with Gasteiger partial charge in [0.05, 0.1) is 24.1 Å². The van der Waals surface area contributed by atoms with E-state index in [1.165, 1.54) is 37.3 Å². The van der Waals surface area contributed by atoms with Gasteiger partial charge in [0.25, 0.3) is 0 Å². The third-order valence-corrected chi connectivity index (χ3v) is 7.49. The molecule has 0 saturated heterocycles. The molecule has 0 aliphatic heterocycles. The van der Waals surface area contributed by atoms with Gasteiger partial charge in [-0.15, -0.1) is 0 Å². The highest BCUT2D eigenvalue weighted by molar-refractivity contribution is 7.92. The molecule has 8 nitrogen and oxygen atoms in total. The zero-order chi connectivity index (χ0) is 27.9. The van der Waals surface area contributed by atoms with Crippen molar-refractivity contribution >= 4 is 39.1 Å². The summed E-state index contributed by atoms with van der Waals surface area (Å²) in [6.07, 6.45) is 1.27. The second kappa shape index (κ2) is 12.8. The van der Waals surface area contributed by atoms with E-state index in [1.807, 2.05) is 61.5 Å². The molecule has 3 rings (SSSR count). The minimum absolute atomic E-state index is 0.117. The molecule has 0 aliphatic rings. The SMILES string of the molecule is CNC(=O)C(Cc1ccccc1)N(Cc1cccc(C)c1)C(=O)CN(c1ccc(OC)c(Cl)c1)S(C)(=O)=O. The quantitative estimate of drug-likeness (QED) is 0.387. The van der Waals surface area contributed by atoms with Gasteiger partial charge in [0.15, 0.2) is 0 Å². The van der Waals surface area contributed by atoms with Gasteiger partial charge in [0, 0.05) is 20.0 Å². The van der Waals surface area contributed by atoms with E-state index < -0.39 is 28.5 Å². The fraction of sp³-hybridized carbons (Fsp3) is 0.286. The number of amides is 2. The van der Waals surface area contributed by atoms with E-state index in [2.05, 4.69) is 5.32 Å². The van der Waals surface area contributed by atoms with Gasteiger partial charge in [-0.25, -0.2) is 8.42 Å². The molecule has 38 heavy (non-hydrogen) atoms. The van der Waals surface area contributed by atoms with Gasteiger partial charge in [-0.2, -0.15) is 0 Å². The number of ether oxygens (including phenoxy) is 1. The zero-order valence-corrected chi connectivity index (χ0v) is 23.4. The maximum atomic E-state index is 13.9. The number of nitrogens with one attached hydrogen (secondary N) is 1. The Kier molecular flexibility index (Phi) is 9.77. The van der Waals surface area contributed by atoms with Crippen LogP contribution in [-0.2, 0) is 32.6 Å². The number of benzene rings is 3. The fourth-order valence-electron chi connectivity index (χ4n) is 4.15. The number of carbonyl (C=O) groups is 2. The van der Waals surface area contributed by atoms with E-state index in [0.29, 0.717) is 5.75 Å². The van der Waals surface area contributed by atoms with Gasteiger partial charge in [0.1, 0.15) is 18.3 Å². The standard InChI is InChI=1S/C28H32ClN3O5S/c1-20-9-8-12-22(15-20)18-31(25(28(34)30-2)16-21-10-6-5-7-11-21)27(33)19-32(38(4,35)36)23-13-14-26(37-3)24(29)17-23/h5-15,17,25H,16,18-19H2,1-4H3,(H,30,34). The molecule has 10 heteroatoms. The molecule has 0 radical (unpaired) electrons. The number of halogens is 1. The number of anilines is 1. The zero-order valence-electron chi connectivity index (χ0n) is 21.8. The molecule has 1 unspecified atom stereocenters. The molecule has 0 fully saturated rings. The Hall–Kier alpha value is -3.56. The second-order valence-electron chi connectivity index (χ2n) is 8.92. The van der Waals surface area contributed by atoms with Crippen LogP contribution in [0.15, 0.2) is 72.8 Å². The Morgan fingerprint density at radius 1 is 1.00 bits per heavy atom. The van der Waals surface area contributed by atoms with Crippen molar-refractivity contribution in [1.82, 2.24) is 10.2 Å². The number of carbonyl (C=O) groups excluding carboxylic acids is 2. The predicted molar refractivity (Wildman–Crippen MR) is 150 cm³/mol. The van der Waals surface area contributed by atoms with Crippen LogP contribution in [0.5, 0.6) is 5.75 Å². The molecule has 3 aromatic rings. The first-order valence-corrected chi connectivity index (χ1v) is 14.2. The first-order chi connectivity index (χ1) is 18.0.